The molecule has 2 rings (SSSR count). The number of ether oxygens (including phenoxy) is 1. The van der Waals surface area contributed by atoms with Crippen LogP contribution in [-0.2, 0) is 0 Å². The monoisotopic (exact) mass is 343 g/mol. The lowest BCUT2D eigenvalue weighted by Crippen LogP contribution is -2.09. The highest BCUT2D eigenvalue weighted by atomic mass is 79.9. The molecule has 19 heavy (non-hydrogen) atoms. The minimum absolute atomic E-state index is 0.185. The summed E-state index contributed by atoms with van der Waals surface area (Å²) < 4.78 is 32.3. The molecule has 0 amide bonds. The van der Waals surface area contributed by atoms with Crippen molar-refractivity contribution in [2.75, 3.05) is 0 Å². The maximum atomic E-state index is 13.4. The van der Waals surface area contributed by atoms with Crippen LogP contribution in [0, 0.1) is 11.6 Å². The Morgan fingerprint density at radius 1 is 1.16 bits per heavy atom. The topological polar surface area (TPSA) is 35.2 Å². The lowest BCUT2D eigenvalue weighted by atomic mass is 10.2. The molecular formula is C13H8BrF2NOS. The van der Waals surface area contributed by atoms with Crippen molar-refractivity contribution in [1.82, 2.24) is 0 Å². The van der Waals surface area contributed by atoms with E-state index in [1.165, 1.54) is 0 Å². The molecule has 2 aromatic carbocycles. The van der Waals surface area contributed by atoms with Crippen molar-refractivity contribution in [3.05, 3.63) is 58.1 Å². The Morgan fingerprint density at radius 2 is 1.89 bits per heavy atom. The molecular weight excluding hydrogens is 336 g/mol. The maximum absolute atomic E-state index is 13.4. The summed E-state index contributed by atoms with van der Waals surface area (Å²) in [6.45, 7) is 0. The number of hydrogen-bond acceptors (Lipinski definition) is 2. The lowest BCUT2D eigenvalue weighted by Gasteiger charge is -2.09. The molecule has 0 aliphatic rings. The molecule has 0 aromatic heterocycles. The average molecular weight is 344 g/mol. The molecule has 0 heterocycles. The van der Waals surface area contributed by atoms with Gasteiger partial charge < -0.3 is 10.5 Å². The fourth-order valence-corrected chi connectivity index (χ4v) is 2.32. The van der Waals surface area contributed by atoms with Gasteiger partial charge in [-0.3, -0.25) is 0 Å². The zero-order valence-electron chi connectivity index (χ0n) is 9.49. The number of thiocarbonyl (C=S) groups is 1. The van der Waals surface area contributed by atoms with Crippen LogP contribution in [0.15, 0.2) is 40.9 Å². The summed E-state index contributed by atoms with van der Waals surface area (Å²) in [5.41, 5.74) is 6.15. The van der Waals surface area contributed by atoms with Crippen molar-refractivity contribution in [2.24, 2.45) is 5.73 Å². The molecule has 0 radical (unpaired) electrons. The molecule has 2 nitrogen and oxygen atoms in total. The SMILES string of the molecule is NC(=S)c1ccc(Oc2cc(F)ccc2F)cc1Br. The van der Waals surface area contributed by atoms with E-state index in [-0.39, 0.29) is 10.7 Å². The number of halogens is 3. The standard InChI is InChI=1S/C13H8BrF2NOS/c14-10-6-8(2-3-9(10)13(17)19)18-12-5-7(15)1-4-11(12)16/h1-6H,(H2,17,19). The van der Waals surface area contributed by atoms with Gasteiger partial charge in [0.05, 0.1) is 0 Å². The third-order valence-electron chi connectivity index (χ3n) is 2.33. The Labute approximate surface area is 122 Å². The highest BCUT2D eigenvalue weighted by molar-refractivity contribution is 9.10. The summed E-state index contributed by atoms with van der Waals surface area (Å²) in [5, 5.41) is 0. The smallest absolute Gasteiger partial charge is 0.165 e. The predicted molar refractivity (Wildman–Crippen MR) is 76.5 cm³/mol. The molecule has 0 saturated carbocycles. The van der Waals surface area contributed by atoms with E-state index in [2.05, 4.69) is 15.9 Å². The van der Waals surface area contributed by atoms with Crippen LogP contribution in [0.3, 0.4) is 0 Å². The van der Waals surface area contributed by atoms with Gasteiger partial charge in [-0.1, -0.05) is 12.2 Å². The Hall–Kier alpha value is -1.53. The zero-order chi connectivity index (χ0) is 14.0. The van der Waals surface area contributed by atoms with E-state index >= 15 is 0 Å². The number of benzene rings is 2. The van der Waals surface area contributed by atoms with Crippen molar-refractivity contribution in [3.63, 3.8) is 0 Å². The molecule has 0 aliphatic heterocycles. The van der Waals surface area contributed by atoms with Gasteiger partial charge >= 0.3 is 0 Å². The third kappa shape index (κ3) is 3.27. The quantitative estimate of drug-likeness (QED) is 0.850. The van der Waals surface area contributed by atoms with Crippen LogP contribution >= 0.6 is 28.1 Å². The maximum Gasteiger partial charge on any atom is 0.165 e. The van der Waals surface area contributed by atoms with Gasteiger partial charge in [-0.05, 0) is 46.3 Å². The fourth-order valence-electron chi connectivity index (χ4n) is 1.44. The van der Waals surface area contributed by atoms with Gasteiger partial charge in [0.1, 0.15) is 16.6 Å². The van der Waals surface area contributed by atoms with Gasteiger partial charge in [-0.15, -0.1) is 0 Å². The fraction of sp³-hybridized carbons (Fsp3) is 0. The van der Waals surface area contributed by atoms with E-state index in [0.29, 0.717) is 15.8 Å². The van der Waals surface area contributed by atoms with E-state index in [9.17, 15) is 8.78 Å². The first-order chi connectivity index (χ1) is 8.97. The van der Waals surface area contributed by atoms with Crippen LogP contribution < -0.4 is 10.5 Å². The molecule has 98 valence electrons. The van der Waals surface area contributed by atoms with E-state index < -0.39 is 11.6 Å². The largest absolute Gasteiger partial charge is 0.454 e. The number of hydrogen-bond donors (Lipinski definition) is 1. The second-order valence-corrected chi connectivity index (χ2v) is 4.98. The molecule has 2 N–H and O–H groups in total. The van der Waals surface area contributed by atoms with Crippen LogP contribution in [0.25, 0.3) is 0 Å². The van der Waals surface area contributed by atoms with Gasteiger partial charge in [0, 0.05) is 16.1 Å². The van der Waals surface area contributed by atoms with Crippen molar-refractivity contribution < 1.29 is 13.5 Å². The molecule has 0 fully saturated rings. The minimum atomic E-state index is -0.643. The van der Waals surface area contributed by atoms with Crippen LogP contribution in [0.1, 0.15) is 5.56 Å². The van der Waals surface area contributed by atoms with E-state index in [1.54, 1.807) is 18.2 Å². The summed E-state index contributed by atoms with van der Waals surface area (Å²) in [6.07, 6.45) is 0. The second-order valence-electron chi connectivity index (χ2n) is 3.68. The molecule has 0 spiro atoms. The normalized spacial score (nSPS) is 10.3. The highest BCUT2D eigenvalue weighted by Crippen LogP contribution is 2.29. The van der Waals surface area contributed by atoms with Gasteiger partial charge in [-0.2, -0.15) is 0 Å². The Bertz CT molecular complexity index is 649. The van der Waals surface area contributed by atoms with Gasteiger partial charge in [0.15, 0.2) is 11.6 Å². The molecule has 0 bridgehead atoms. The zero-order valence-corrected chi connectivity index (χ0v) is 11.9. The summed E-state index contributed by atoms with van der Waals surface area (Å²) in [4.78, 5) is 0.232. The minimum Gasteiger partial charge on any atom is -0.454 e. The Morgan fingerprint density at radius 3 is 2.53 bits per heavy atom. The Kier molecular flexibility index (Phi) is 4.11. The third-order valence-corrected chi connectivity index (χ3v) is 3.20. The molecule has 2 aromatic rings. The summed E-state index contributed by atoms with van der Waals surface area (Å²) in [5.74, 6) is -1.06. The average Bonchev–Trinajstić information content (AvgIpc) is 2.33. The van der Waals surface area contributed by atoms with E-state index in [1.807, 2.05) is 0 Å². The second kappa shape index (κ2) is 5.63. The lowest BCUT2D eigenvalue weighted by molar-refractivity contribution is 0.436. The van der Waals surface area contributed by atoms with E-state index in [4.69, 9.17) is 22.7 Å². The van der Waals surface area contributed by atoms with Crippen LogP contribution in [0.4, 0.5) is 8.78 Å². The van der Waals surface area contributed by atoms with Crippen molar-refractivity contribution in [1.29, 1.82) is 0 Å². The molecule has 0 atom stereocenters. The van der Waals surface area contributed by atoms with Gasteiger partial charge in [0.2, 0.25) is 0 Å². The van der Waals surface area contributed by atoms with E-state index in [0.717, 1.165) is 18.2 Å². The molecule has 0 unspecified atom stereocenters. The summed E-state index contributed by atoms with van der Waals surface area (Å²) in [6, 6.07) is 7.79. The Balaban J connectivity index is 2.31. The van der Waals surface area contributed by atoms with Crippen molar-refractivity contribution >= 4 is 33.1 Å². The van der Waals surface area contributed by atoms with Crippen LogP contribution in [0.2, 0.25) is 0 Å². The molecule has 0 saturated heterocycles. The van der Waals surface area contributed by atoms with Crippen molar-refractivity contribution in [2.45, 2.75) is 0 Å². The van der Waals surface area contributed by atoms with Gasteiger partial charge in [-0.25, -0.2) is 8.78 Å². The van der Waals surface area contributed by atoms with Crippen LogP contribution in [0.5, 0.6) is 11.5 Å². The first kappa shape index (κ1) is 13.9. The summed E-state index contributed by atoms with van der Waals surface area (Å²) >= 11 is 8.14. The first-order valence-electron chi connectivity index (χ1n) is 5.19. The van der Waals surface area contributed by atoms with Crippen molar-refractivity contribution in [3.8, 4) is 11.5 Å². The first-order valence-corrected chi connectivity index (χ1v) is 6.40. The summed E-state index contributed by atoms with van der Waals surface area (Å²) in [7, 11) is 0. The number of rotatable bonds is 3. The molecule has 0 aliphatic carbocycles. The highest BCUT2D eigenvalue weighted by Gasteiger charge is 2.09. The predicted octanol–water partition coefficient (Wildman–Crippen LogP) is 4.15. The van der Waals surface area contributed by atoms with Gasteiger partial charge in [0.25, 0.3) is 0 Å². The number of nitrogens with two attached hydrogens (primary N) is 1. The molecule has 6 heteroatoms. The van der Waals surface area contributed by atoms with Crippen LogP contribution in [-0.4, -0.2) is 4.99 Å².